The summed E-state index contributed by atoms with van der Waals surface area (Å²) in [5.41, 5.74) is 1.97. The van der Waals surface area contributed by atoms with E-state index in [1.165, 1.54) is 0 Å². The maximum absolute atomic E-state index is 15.7. The van der Waals surface area contributed by atoms with Gasteiger partial charge in [-0.2, -0.15) is 0 Å². The standard InChI is InChI=1S/C35H29O2P/c1-2-25-37-32-23-21-26-13-9-11-19-30(26)34(32)35-31-20-12-10-14-27(31)22-24-33(35)38(36,28-15-5-3-6-16-28)29-17-7-4-8-18-29/h3-24H,2,25H2,1H3. The van der Waals surface area contributed by atoms with Crippen molar-refractivity contribution in [1.82, 2.24) is 0 Å². The van der Waals surface area contributed by atoms with Gasteiger partial charge in [-0.15, -0.1) is 0 Å². The molecule has 0 saturated heterocycles. The molecule has 0 aliphatic heterocycles. The first-order valence-electron chi connectivity index (χ1n) is 13.1. The van der Waals surface area contributed by atoms with E-state index in [9.17, 15) is 0 Å². The summed E-state index contributed by atoms with van der Waals surface area (Å²) in [7, 11) is -3.26. The smallest absolute Gasteiger partial charge is 0.171 e. The molecule has 0 unspecified atom stereocenters. The first-order chi connectivity index (χ1) is 18.7. The van der Waals surface area contributed by atoms with Crippen LogP contribution in [0.3, 0.4) is 0 Å². The van der Waals surface area contributed by atoms with Crippen LogP contribution in [-0.2, 0) is 4.57 Å². The van der Waals surface area contributed by atoms with Crippen molar-refractivity contribution in [2.45, 2.75) is 13.3 Å². The highest BCUT2D eigenvalue weighted by Crippen LogP contribution is 2.49. The van der Waals surface area contributed by atoms with Gasteiger partial charge in [0.25, 0.3) is 0 Å². The lowest BCUT2D eigenvalue weighted by Crippen LogP contribution is -2.26. The van der Waals surface area contributed by atoms with Crippen molar-refractivity contribution in [2.24, 2.45) is 0 Å². The number of ether oxygens (including phenoxy) is 1. The SMILES string of the molecule is CCCOc1ccc2ccccc2c1-c1c(P(=O)(c2ccccc2)c2ccccc2)ccc2ccccc12. The molecular weight excluding hydrogens is 483 g/mol. The second-order valence-electron chi connectivity index (χ2n) is 9.47. The summed E-state index contributed by atoms with van der Waals surface area (Å²) in [5, 5.41) is 6.85. The van der Waals surface area contributed by atoms with Crippen LogP contribution >= 0.6 is 7.14 Å². The molecular formula is C35H29O2P. The molecule has 0 bridgehead atoms. The van der Waals surface area contributed by atoms with E-state index < -0.39 is 7.14 Å². The Bertz CT molecular complexity index is 1730. The van der Waals surface area contributed by atoms with Crippen LogP contribution in [0.4, 0.5) is 0 Å². The van der Waals surface area contributed by atoms with Gasteiger partial charge in [0.15, 0.2) is 7.14 Å². The zero-order chi connectivity index (χ0) is 26.0. The minimum Gasteiger partial charge on any atom is -0.493 e. The average molecular weight is 513 g/mol. The van der Waals surface area contributed by atoms with E-state index in [0.29, 0.717) is 6.61 Å². The van der Waals surface area contributed by atoms with E-state index in [0.717, 1.165) is 60.8 Å². The Morgan fingerprint density at radius 2 is 1.05 bits per heavy atom. The van der Waals surface area contributed by atoms with Gasteiger partial charge in [-0.1, -0.05) is 128 Å². The van der Waals surface area contributed by atoms with Crippen LogP contribution in [0, 0.1) is 0 Å². The molecule has 0 heterocycles. The third-order valence-electron chi connectivity index (χ3n) is 7.09. The Balaban J connectivity index is 1.79. The summed E-state index contributed by atoms with van der Waals surface area (Å²) in [5.74, 6) is 0.816. The van der Waals surface area contributed by atoms with Crippen LogP contribution in [0.5, 0.6) is 5.75 Å². The van der Waals surface area contributed by atoms with E-state index >= 15 is 4.57 Å². The second-order valence-corrected chi connectivity index (χ2v) is 12.2. The van der Waals surface area contributed by atoms with Crippen molar-refractivity contribution in [3.63, 3.8) is 0 Å². The van der Waals surface area contributed by atoms with Gasteiger partial charge in [0.2, 0.25) is 0 Å². The fourth-order valence-electron chi connectivity index (χ4n) is 5.33. The monoisotopic (exact) mass is 512 g/mol. The predicted molar refractivity (Wildman–Crippen MR) is 162 cm³/mol. The molecule has 2 nitrogen and oxygen atoms in total. The molecule has 3 heteroatoms. The minimum atomic E-state index is -3.26. The van der Waals surface area contributed by atoms with Crippen LogP contribution in [-0.4, -0.2) is 6.61 Å². The molecule has 186 valence electrons. The van der Waals surface area contributed by atoms with Crippen LogP contribution < -0.4 is 20.7 Å². The first kappa shape index (κ1) is 24.2. The predicted octanol–water partition coefficient (Wildman–Crippen LogP) is 8.09. The van der Waals surface area contributed by atoms with Crippen molar-refractivity contribution < 1.29 is 9.30 Å². The Morgan fingerprint density at radius 3 is 1.63 bits per heavy atom. The second kappa shape index (κ2) is 10.3. The van der Waals surface area contributed by atoms with Gasteiger partial charge in [0, 0.05) is 27.0 Å². The molecule has 0 aliphatic carbocycles. The third-order valence-corrected chi connectivity index (χ3v) is 10.2. The molecule has 6 aromatic rings. The maximum atomic E-state index is 15.7. The zero-order valence-electron chi connectivity index (χ0n) is 21.4. The Hall–Kier alpha value is -4.13. The fourth-order valence-corrected chi connectivity index (χ4v) is 8.20. The van der Waals surface area contributed by atoms with Crippen molar-refractivity contribution in [3.05, 3.63) is 133 Å². The van der Waals surface area contributed by atoms with Crippen molar-refractivity contribution >= 4 is 44.6 Å². The molecule has 0 fully saturated rings. The molecule has 0 atom stereocenters. The van der Waals surface area contributed by atoms with Crippen LogP contribution in [0.2, 0.25) is 0 Å². The lowest BCUT2D eigenvalue weighted by atomic mass is 9.93. The summed E-state index contributed by atoms with van der Waals surface area (Å²) in [4.78, 5) is 0. The highest BCUT2D eigenvalue weighted by Gasteiger charge is 2.34. The summed E-state index contributed by atoms with van der Waals surface area (Å²) < 4.78 is 22.1. The van der Waals surface area contributed by atoms with Gasteiger partial charge >= 0.3 is 0 Å². The van der Waals surface area contributed by atoms with E-state index in [1.807, 2.05) is 60.7 Å². The Morgan fingerprint density at radius 1 is 0.553 bits per heavy atom. The maximum Gasteiger partial charge on any atom is 0.171 e. The molecule has 6 aromatic carbocycles. The van der Waals surface area contributed by atoms with Crippen molar-refractivity contribution in [3.8, 4) is 16.9 Å². The number of fused-ring (bicyclic) bond motifs is 2. The summed E-state index contributed by atoms with van der Waals surface area (Å²) in [6.45, 7) is 2.73. The van der Waals surface area contributed by atoms with Gasteiger partial charge in [0.1, 0.15) is 5.75 Å². The van der Waals surface area contributed by atoms with Crippen LogP contribution in [0.25, 0.3) is 32.7 Å². The normalized spacial score (nSPS) is 11.6. The lowest BCUT2D eigenvalue weighted by molar-refractivity contribution is 0.319. The number of rotatable bonds is 7. The number of hydrogen-bond donors (Lipinski definition) is 0. The summed E-state index contributed by atoms with van der Waals surface area (Å²) in [6.07, 6.45) is 0.904. The van der Waals surface area contributed by atoms with Gasteiger partial charge in [0.05, 0.1) is 6.61 Å². The van der Waals surface area contributed by atoms with E-state index in [1.54, 1.807) is 0 Å². The zero-order valence-corrected chi connectivity index (χ0v) is 22.3. The molecule has 0 aromatic heterocycles. The number of hydrogen-bond acceptors (Lipinski definition) is 2. The molecule has 0 saturated carbocycles. The summed E-state index contributed by atoms with van der Waals surface area (Å²) >= 11 is 0. The molecule has 0 radical (unpaired) electrons. The van der Waals surface area contributed by atoms with Gasteiger partial charge < -0.3 is 9.30 Å². The fraction of sp³-hybridized carbons (Fsp3) is 0.0857. The molecule has 0 N–H and O–H groups in total. The molecule has 6 rings (SSSR count). The Kier molecular flexibility index (Phi) is 6.58. The quantitative estimate of drug-likeness (QED) is 0.202. The first-order valence-corrected chi connectivity index (χ1v) is 14.8. The van der Waals surface area contributed by atoms with Crippen LogP contribution in [0.1, 0.15) is 13.3 Å². The molecule has 38 heavy (non-hydrogen) atoms. The number of benzene rings is 6. The van der Waals surface area contributed by atoms with E-state index in [2.05, 4.69) is 79.7 Å². The highest BCUT2D eigenvalue weighted by molar-refractivity contribution is 7.85. The largest absolute Gasteiger partial charge is 0.493 e. The van der Waals surface area contributed by atoms with Crippen molar-refractivity contribution in [2.75, 3.05) is 6.61 Å². The third kappa shape index (κ3) is 4.12. The van der Waals surface area contributed by atoms with Crippen molar-refractivity contribution in [1.29, 1.82) is 0 Å². The minimum absolute atomic E-state index is 0.612. The highest BCUT2D eigenvalue weighted by atomic mass is 31.2. The van der Waals surface area contributed by atoms with E-state index in [4.69, 9.17) is 4.74 Å². The van der Waals surface area contributed by atoms with Crippen LogP contribution in [0.15, 0.2) is 133 Å². The molecule has 0 spiro atoms. The summed E-state index contributed by atoms with van der Waals surface area (Å²) in [6, 6.07) is 44.9. The van der Waals surface area contributed by atoms with Gasteiger partial charge in [-0.3, -0.25) is 0 Å². The lowest BCUT2D eigenvalue weighted by Gasteiger charge is -2.26. The topological polar surface area (TPSA) is 26.3 Å². The molecule has 0 amide bonds. The average Bonchev–Trinajstić information content (AvgIpc) is 2.99. The van der Waals surface area contributed by atoms with Gasteiger partial charge in [-0.05, 0) is 40.1 Å². The van der Waals surface area contributed by atoms with E-state index in [-0.39, 0.29) is 0 Å². The van der Waals surface area contributed by atoms with Gasteiger partial charge in [-0.25, -0.2) is 0 Å². The Labute approximate surface area is 223 Å². The molecule has 0 aliphatic rings.